The molecule has 2 rings (SSSR count). The van der Waals surface area contributed by atoms with Crippen LogP contribution in [0.2, 0.25) is 5.02 Å². The van der Waals surface area contributed by atoms with Crippen LogP contribution in [0.1, 0.15) is 61.2 Å². The Labute approximate surface area is 200 Å². The van der Waals surface area contributed by atoms with E-state index in [2.05, 4.69) is 0 Å². The van der Waals surface area contributed by atoms with Gasteiger partial charge < -0.3 is 20.3 Å². The first-order chi connectivity index (χ1) is 15.6. The first kappa shape index (κ1) is 27.3. The normalized spacial score (nSPS) is 12.0. The quantitative estimate of drug-likeness (QED) is 0.393. The van der Waals surface area contributed by atoms with Gasteiger partial charge in [-0.15, -0.1) is 0 Å². The second-order valence-electron chi connectivity index (χ2n) is 8.75. The molecule has 34 heavy (non-hydrogen) atoms. The van der Waals surface area contributed by atoms with Crippen molar-refractivity contribution in [3.05, 3.63) is 57.6 Å². The largest absolute Gasteiger partial charge is 0.506 e. The molecule has 186 valence electrons. The molecule has 0 heterocycles. The summed E-state index contributed by atoms with van der Waals surface area (Å²) in [5.41, 5.74) is 3.69. The van der Waals surface area contributed by atoms with Gasteiger partial charge in [0, 0.05) is 10.9 Å². The van der Waals surface area contributed by atoms with Crippen LogP contribution < -0.4 is 10.5 Å². The van der Waals surface area contributed by atoms with Crippen LogP contribution in [-0.4, -0.2) is 22.6 Å². The summed E-state index contributed by atoms with van der Waals surface area (Å²) in [5.74, 6) is -2.96. The number of hydrogen-bond acceptors (Lipinski definition) is 5. The molecule has 1 amide bonds. The van der Waals surface area contributed by atoms with Gasteiger partial charge in [0.25, 0.3) is 0 Å². The number of amides is 1. The molecule has 3 N–H and O–H groups in total. The molecule has 0 unspecified atom stereocenters. The zero-order chi connectivity index (χ0) is 25.8. The molecule has 10 heteroatoms. The van der Waals surface area contributed by atoms with Gasteiger partial charge in [0.15, 0.2) is 5.78 Å². The lowest BCUT2D eigenvalue weighted by atomic mass is 9.97. The van der Waals surface area contributed by atoms with Crippen molar-refractivity contribution in [2.45, 2.75) is 58.9 Å². The van der Waals surface area contributed by atoms with Crippen molar-refractivity contribution in [1.82, 2.24) is 0 Å². The number of carbonyl (C=O) groups excluding carboxylic acids is 2. The maximum Gasteiger partial charge on any atom is 0.423 e. The van der Waals surface area contributed by atoms with Crippen LogP contribution in [0.15, 0.2) is 30.3 Å². The lowest BCUT2D eigenvalue weighted by molar-refractivity contribution is -0.140. The number of aryl methyl sites for hydroxylation is 1. The second kappa shape index (κ2) is 10.5. The number of hydrogen-bond donors (Lipinski definition) is 2. The van der Waals surface area contributed by atoms with Crippen LogP contribution in [0.25, 0.3) is 0 Å². The Morgan fingerprint density at radius 3 is 2.32 bits per heavy atom. The smallest absolute Gasteiger partial charge is 0.423 e. The Morgan fingerprint density at radius 2 is 1.79 bits per heavy atom. The zero-order valence-corrected chi connectivity index (χ0v) is 20.0. The third-order valence-electron chi connectivity index (χ3n) is 5.10. The average Bonchev–Trinajstić information content (AvgIpc) is 2.69. The second-order valence-corrected chi connectivity index (χ2v) is 9.15. The number of aromatic hydroxyl groups is 1. The summed E-state index contributed by atoms with van der Waals surface area (Å²) < 4.78 is 51.3. The number of rotatable bonds is 9. The zero-order valence-electron chi connectivity index (χ0n) is 19.3. The van der Waals surface area contributed by atoms with E-state index in [0.29, 0.717) is 23.4 Å². The summed E-state index contributed by atoms with van der Waals surface area (Å²) in [6.45, 7) is 6.22. The third kappa shape index (κ3) is 7.03. The molecule has 0 aliphatic heterocycles. The lowest BCUT2D eigenvalue weighted by Gasteiger charge is -2.24. The molecule has 0 saturated carbocycles. The molecule has 0 radical (unpaired) electrons. The number of phenolic OH excluding ortho intramolecular Hbond substituents is 1. The standard InChI is InChI=1S/C24H27ClF3NO5/c1-13(2)20(30)16-7-8-18(19(21(16)31)24(26,27)28)33-12-14-5-6-15(17(25)11-14)9-10-23(3,4)34-22(29)32/h5-8,11,13,31H,9-10,12H2,1-4H3,(H2,29,32). The molecule has 0 aliphatic rings. The first-order valence-electron chi connectivity index (χ1n) is 10.5. The van der Waals surface area contributed by atoms with Gasteiger partial charge in [-0.1, -0.05) is 37.6 Å². The average molecular weight is 502 g/mol. The van der Waals surface area contributed by atoms with E-state index in [4.69, 9.17) is 26.8 Å². The maximum atomic E-state index is 13.6. The predicted octanol–water partition coefficient (Wildman–Crippen LogP) is 6.29. The van der Waals surface area contributed by atoms with Crippen molar-refractivity contribution in [2.24, 2.45) is 11.7 Å². The summed E-state index contributed by atoms with van der Waals surface area (Å²) in [7, 11) is 0. The summed E-state index contributed by atoms with van der Waals surface area (Å²) >= 11 is 6.31. The van der Waals surface area contributed by atoms with E-state index in [1.54, 1.807) is 32.0 Å². The highest BCUT2D eigenvalue weighted by Crippen LogP contribution is 2.44. The molecular formula is C24H27ClF3NO5. The molecular weight excluding hydrogens is 475 g/mol. The molecule has 2 aromatic rings. The number of ketones is 1. The SMILES string of the molecule is CC(C)C(=O)c1ccc(OCc2ccc(CCC(C)(C)OC(N)=O)c(Cl)c2)c(C(F)(F)F)c1O. The number of carbonyl (C=O) groups is 2. The van der Waals surface area contributed by atoms with E-state index in [1.807, 2.05) is 0 Å². The third-order valence-corrected chi connectivity index (χ3v) is 5.45. The van der Waals surface area contributed by atoms with Gasteiger partial charge in [-0.05, 0) is 56.0 Å². The van der Waals surface area contributed by atoms with Gasteiger partial charge in [-0.25, -0.2) is 4.79 Å². The van der Waals surface area contributed by atoms with Crippen molar-refractivity contribution >= 4 is 23.5 Å². The van der Waals surface area contributed by atoms with Gasteiger partial charge in [0.1, 0.15) is 29.3 Å². The highest BCUT2D eigenvalue weighted by Gasteiger charge is 2.40. The monoisotopic (exact) mass is 501 g/mol. The Balaban J connectivity index is 2.20. The Kier molecular flexibility index (Phi) is 8.47. The van der Waals surface area contributed by atoms with Crippen molar-refractivity contribution in [2.75, 3.05) is 0 Å². The number of benzene rings is 2. The fourth-order valence-corrected chi connectivity index (χ4v) is 3.58. The molecule has 0 aromatic heterocycles. The summed E-state index contributed by atoms with van der Waals surface area (Å²) in [6, 6.07) is 7.05. The highest BCUT2D eigenvalue weighted by molar-refractivity contribution is 6.31. The lowest BCUT2D eigenvalue weighted by Crippen LogP contribution is -2.31. The van der Waals surface area contributed by atoms with Gasteiger partial charge >= 0.3 is 12.3 Å². The van der Waals surface area contributed by atoms with E-state index in [-0.39, 0.29) is 6.61 Å². The highest BCUT2D eigenvalue weighted by atomic mass is 35.5. The number of ether oxygens (including phenoxy) is 2. The van der Waals surface area contributed by atoms with Gasteiger partial charge in [-0.3, -0.25) is 4.79 Å². The van der Waals surface area contributed by atoms with Crippen LogP contribution in [0.5, 0.6) is 11.5 Å². The molecule has 0 saturated heterocycles. The van der Waals surface area contributed by atoms with E-state index in [1.165, 1.54) is 13.8 Å². The Hall–Kier alpha value is -2.94. The van der Waals surface area contributed by atoms with Gasteiger partial charge in [0.2, 0.25) is 0 Å². The van der Waals surface area contributed by atoms with Crippen molar-refractivity contribution < 1.29 is 37.3 Å². The van der Waals surface area contributed by atoms with Crippen molar-refractivity contribution in [3.63, 3.8) is 0 Å². The van der Waals surface area contributed by atoms with Crippen LogP contribution in [0.3, 0.4) is 0 Å². The summed E-state index contributed by atoms with van der Waals surface area (Å²) in [6.07, 6.45) is -4.90. The number of primary amides is 1. The summed E-state index contributed by atoms with van der Waals surface area (Å²) in [4.78, 5) is 23.1. The van der Waals surface area contributed by atoms with E-state index in [9.17, 15) is 27.9 Å². The number of phenols is 1. The minimum absolute atomic E-state index is 0.254. The topological polar surface area (TPSA) is 98.9 Å². The molecule has 6 nitrogen and oxygen atoms in total. The predicted molar refractivity (Wildman–Crippen MR) is 121 cm³/mol. The van der Waals surface area contributed by atoms with Crippen LogP contribution >= 0.6 is 11.6 Å². The Morgan fingerprint density at radius 1 is 1.15 bits per heavy atom. The van der Waals surface area contributed by atoms with E-state index in [0.717, 1.165) is 17.7 Å². The first-order valence-corrected chi connectivity index (χ1v) is 10.9. The van der Waals surface area contributed by atoms with Gasteiger partial charge in [0.05, 0.1) is 5.56 Å². The van der Waals surface area contributed by atoms with E-state index < -0.39 is 52.2 Å². The van der Waals surface area contributed by atoms with Crippen molar-refractivity contribution in [3.8, 4) is 11.5 Å². The number of nitrogens with two attached hydrogens (primary N) is 1. The van der Waals surface area contributed by atoms with Crippen LogP contribution in [-0.2, 0) is 23.9 Å². The molecule has 0 fully saturated rings. The Bertz CT molecular complexity index is 1070. The fourth-order valence-electron chi connectivity index (χ4n) is 3.28. The minimum atomic E-state index is -4.94. The van der Waals surface area contributed by atoms with Crippen LogP contribution in [0, 0.1) is 5.92 Å². The molecule has 0 aliphatic carbocycles. The number of Topliss-reactive ketones (excluding diaryl/α,β-unsaturated/α-hetero) is 1. The van der Waals surface area contributed by atoms with Crippen LogP contribution in [0.4, 0.5) is 18.0 Å². The van der Waals surface area contributed by atoms with E-state index >= 15 is 0 Å². The fraction of sp³-hybridized carbons (Fsp3) is 0.417. The van der Waals surface area contributed by atoms with Crippen molar-refractivity contribution in [1.29, 1.82) is 0 Å². The number of halogens is 4. The molecule has 0 bridgehead atoms. The molecule has 0 atom stereocenters. The van der Waals surface area contributed by atoms with Gasteiger partial charge in [-0.2, -0.15) is 13.2 Å². The number of alkyl halides is 3. The minimum Gasteiger partial charge on any atom is -0.506 e. The maximum absolute atomic E-state index is 13.6. The summed E-state index contributed by atoms with van der Waals surface area (Å²) in [5, 5.41) is 10.6. The molecule has 2 aromatic carbocycles. The molecule has 0 spiro atoms.